The van der Waals surface area contributed by atoms with Crippen molar-refractivity contribution in [3.8, 4) is 0 Å². The van der Waals surface area contributed by atoms with Crippen molar-refractivity contribution in [3.63, 3.8) is 0 Å². The minimum atomic E-state index is -3.74. The zero-order valence-electron chi connectivity index (χ0n) is 11.0. The predicted molar refractivity (Wildman–Crippen MR) is 74.2 cm³/mol. The number of sulfonamides is 1. The fourth-order valence-electron chi connectivity index (χ4n) is 3.08. The molecule has 0 unspecified atom stereocenters. The maximum absolute atomic E-state index is 11.7. The summed E-state index contributed by atoms with van der Waals surface area (Å²) in [6.07, 6.45) is 5.62. The monoisotopic (exact) mass is 283 g/mol. The van der Waals surface area contributed by atoms with Crippen molar-refractivity contribution in [2.75, 3.05) is 6.61 Å². The summed E-state index contributed by atoms with van der Waals surface area (Å²) in [6.45, 7) is -0.0306. The van der Waals surface area contributed by atoms with Crippen molar-refractivity contribution >= 4 is 10.0 Å². The third-order valence-corrected chi connectivity index (χ3v) is 5.03. The molecular weight excluding hydrogens is 262 g/mol. The van der Waals surface area contributed by atoms with Gasteiger partial charge < -0.3 is 5.11 Å². The van der Waals surface area contributed by atoms with Crippen molar-refractivity contribution in [2.24, 2.45) is 11.1 Å². The van der Waals surface area contributed by atoms with Crippen molar-refractivity contribution in [2.45, 2.75) is 42.9 Å². The van der Waals surface area contributed by atoms with Gasteiger partial charge in [0.15, 0.2) is 0 Å². The predicted octanol–water partition coefficient (Wildman–Crippen LogP) is 1.99. The Morgan fingerprint density at radius 3 is 2.42 bits per heavy atom. The third kappa shape index (κ3) is 3.35. The highest BCUT2D eigenvalue weighted by Gasteiger charge is 2.28. The van der Waals surface area contributed by atoms with Gasteiger partial charge in [-0.15, -0.1) is 0 Å². The second kappa shape index (κ2) is 6.03. The van der Waals surface area contributed by atoms with Crippen LogP contribution in [-0.2, 0) is 10.0 Å². The Bertz CT molecular complexity index is 521. The second-order valence-electron chi connectivity index (χ2n) is 5.27. The quantitative estimate of drug-likeness (QED) is 0.886. The Hall–Kier alpha value is -0.910. The summed E-state index contributed by atoms with van der Waals surface area (Å²) >= 11 is 0. The van der Waals surface area contributed by atoms with E-state index in [0.29, 0.717) is 11.5 Å². The maximum Gasteiger partial charge on any atom is 0.238 e. The van der Waals surface area contributed by atoms with Gasteiger partial charge in [-0.3, -0.25) is 0 Å². The number of benzene rings is 1. The van der Waals surface area contributed by atoms with Gasteiger partial charge >= 0.3 is 0 Å². The lowest BCUT2D eigenvalue weighted by Gasteiger charge is -2.30. The molecule has 4 nitrogen and oxygen atoms in total. The van der Waals surface area contributed by atoms with Crippen LogP contribution in [0.2, 0.25) is 0 Å². The normalized spacial score (nSPS) is 19.3. The zero-order valence-corrected chi connectivity index (χ0v) is 11.8. The first-order chi connectivity index (χ1) is 9.04. The molecule has 1 aliphatic carbocycles. The van der Waals surface area contributed by atoms with Crippen LogP contribution in [0, 0.1) is 5.92 Å². The molecule has 1 aromatic rings. The largest absolute Gasteiger partial charge is 0.396 e. The van der Waals surface area contributed by atoms with Gasteiger partial charge in [-0.1, -0.05) is 37.5 Å². The molecule has 106 valence electrons. The highest BCUT2D eigenvalue weighted by atomic mass is 32.2. The first kappa shape index (κ1) is 14.5. The van der Waals surface area contributed by atoms with E-state index in [1.807, 2.05) is 0 Å². The van der Waals surface area contributed by atoms with Crippen LogP contribution in [-0.4, -0.2) is 20.1 Å². The van der Waals surface area contributed by atoms with E-state index >= 15 is 0 Å². The molecule has 1 atom stereocenters. The Labute approximate surface area is 114 Å². The van der Waals surface area contributed by atoms with Crippen molar-refractivity contribution in [3.05, 3.63) is 29.8 Å². The lowest BCUT2D eigenvalue weighted by Crippen LogP contribution is -2.23. The summed E-state index contributed by atoms with van der Waals surface area (Å²) in [5.74, 6) is 0.219. The summed E-state index contributed by atoms with van der Waals surface area (Å²) in [5.41, 5.74) is 0.666. The molecule has 1 fully saturated rings. The van der Waals surface area contributed by atoms with E-state index < -0.39 is 10.0 Å². The first-order valence-electron chi connectivity index (χ1n) is 6.76. The summed E-state index contributed by atoms with van der Waals surface area (Å²) in [6, 6.07) is 6.76. The van der Waals surface area contributed by atoms with Crippen LogP contribution in [0.4, 0.5) is 0 Å². The summed E-state index contributed by atoms with van der Waals surface area (Å²) < 4.78 is 23.3. The molecular formula is C14H21NO3S. The van der Waals surface area contributed by atoms with Crippen LogP contribution in [0.5, 0.6) is 0 Å². The third-order valence-electron chi connectivity index (χ3n) is 4.04. The van der Waals surface area contributed by atoms with E-state index in [4.69, 9.17) is 5.14 Å². The van der Waals surface area contributed by atoms with Crippen LogP contribution in [0.25, 0.3) is 0 Å². The van der Waals surface area contributed by atoms with Crippen molar-refractivity contribution < 1.29 is 13.5 Å². The molecule has 5 heteroatoms. The van der Waals surface area contributed by atoms with Crippen LogP contribution in [0.15, 0.2) is 29.2 Å². The van der Waals surface area contributed by atoms with Crippen LogP contribution >= 0.6 is 0 Å². The number of aliphatic hydroxyl groups is 1. The smallest absolute Gasteiger partial charge is 0.238 e. The van der Waals surface area contributed by atoms with E-state index in [0.717, 1.165) is 25.7 Å². The van der Waals surface area contributed by atoms with E-state index in [9.17, 15) is 13.5 Å². The van der Waals surface area contributed by atoms with Crippen LogP contribution in [0.3, 0.4) is 0 Å². The average Bonchev–Trinajstić information content (AvgIpc) is 2.40. The molecule has 0 radical (unpaired) electrons. The fraction of sp³-hybridized carbons (Fsp3) is 0.571. The Morgan fingerprint density at radius 2 is 1.84 bits per heavy atom. The SMILES string of the molecule is NS(=O)(=O)c1ccccc1[C@@H](CO)C1CCCCC1. The molecule has 2 rings (SSSR count). The average molecular weight is 283 g/mol. The lowest BCUT2D eigenvalue weighted by molar-refractivity contribution is 0.195. The Balaban J connectivity index is 2.38. The molecule has 0 amide bonds. The molecule has 1 saturated carbocycles. The number of aliphatic hydroxyl groups excluding tert-OH is 1. The van der Waals surface area contributed by atoms with Gasteiger partial charge in [-0.25, -0.2) is 13.6 Å². The highest BCUT2D eigenvalue weighted by Crippen LogP contribution is 2.37. The molecule has 1 aliphatic rings. The van der Waals surface area contributed by atoms with Crippen molar-refractivity contribution in [1.29, 1.82) is 0 Å². The second-order valence-corrected chi connectivity index (χ2v) is 6.80. The summed E-state index contributed by atoms with van der Waals surface area (Å²) in [7, 11) is -3.74. The summed E-state index contributed by atoms with van der Waals surface area (Å²) in [4.78, 5) is 0.152. The number of primary sulfonamides is 1. The Kier molecular flexibility index (Phi) is 4.60. The van der Waals surface area contributed by atoms with Gasteiger partial charge in [0.25, 0.3) is 0 Å². The molecule has 1 aromatic carbocycles. The molecule has 3 N–H and O–H groups in total. The zero-order chi connectivity index (χ0) is 13.9. The molecule has 0 heterocycles. The van der Waals surface area contributed by atoms with E-state index in [-0.39, 0.29) is 17.4 Å². The molecule has 0 aliphatic heterocycles. The number of nitrogens with two attached hydrogens (primary N) is 1. The molecule has 19 heavy (non-hydrogen) atoms. The van der Waals surface area contributed by atoms with E-state index in [1.165, 1.54) is 12.5 Å². The maximum atomic E-state index is 11.7. The first-order valence-corrected chi connectivity index (χ1v) is 8.31. The number of hydrogen-bond acceptors (Lipinski definition) is 3. The van der Waals surface area contributed by atoms with Gasteiger partial charge in [0.1, 0.15) is 0 Å². The molecule has 0 bridgehead atoms. The van der Waals surface area contributed by atoms with Crippen molar-refractivity contribution in [1.82, 2.24) is 0 Å². The minimum absolute atomic E-state index is 0.0306. The van der Waals surface area contributed by atoms with E-state index in [2.05, 4.69) is 0 Å². The van der Waals surface area contributed by atoms with Gasteiger partial charge in [0.05, 0.1) is 11.5 Å². The minimum Gasteiger partial charge on any atom is -0.396 e. The highest BCUT2D eigenvalue weighted by molar-refractivity contribution is 7.89. The van der Waals surface area contributed by atoms with Crippen LogP contribution in [0.1, 0.15) is 43.6 Å². The van der Waals surface area contributed by atoms with Gasteiger partial charge in [-0.05, 0) is 30.4 Å². The molecule has 0 spiro atoms. The fourth-order valence-corrected chi connectivity index (χ4v) is 3.90. The van der Waals surface area contributed by atoms with Gasteiger partial charge in [0, 0.05) is 5.92 Å². The topological polar surface area (TPSA) is 80.4 Å². The standard InChI is InChI=1S/C14H21NO3S/c15-19(17,18)14-9-5-4-8-12(14)13(10-16)11-6-2-1-3-7-11/h4-5,8-9,11,13,16H,1-3,6-7,10H2,(H2,15,17,18)/t13-/m0/s1. The van der Waals surface area contributed by atoms with E-state index in [1.54, 1.807) is 18.2 Å². The summed E-state index contributed by atoms with van der Waals surface area (Å²) in [5, 5.41) is 15.0. The molecule has 0 saturated heterocycles. The van der Waals surface area contributed by atoms with Gasteiger partial charge in [0.2, 0.25) is 10.0 Å². The van der Waals surface area contributed by atoms with Crippen LogP contribution < -0.4 is 5.14 Å². The lowest BCUT2D eigenvalue weighted by atomic mass is 9.77. The molecule has 0 aromatic heterocycles. The number of hydrogen-bond donors (Lipinski definition) is 2. The van der Waals surface area contributed by atoms with Gasteiger partial charge in [-0.2, -0.15) is 0 Å². The Morgan fingerprint density at radius 1 is 1.21 bits per heavy atom. The number of rotatable bonds is 4.